The zero-order valence-corrected chi connectivity index (χ0v) is 9.39. The SMILES string of the molecule is CN(N)/N=C(\N)n1c(Cl)nc2ccccc21. The van der Waals surface area contributed by atoms with Crippen molar-refractivity contribution in [3.8, 4) is 0 Å². The van der Waals surface area contributed by atoms with Gasteiger partial charge in [-0.25, -0.2) is 15.9 Å². The first-order chi connectivity index (χ1) is 7.59. The summed E-state index contributed by atoms with van der Waals surface area (Å²) in [5, 5.41) is 5.24. The molecule has 0 aliphatic heterocycles. The lowest BCUT2D eigenvalue weighted by atomic mass is 10.3. The van der Waals surface area contributed by atoms with Crippen molar-refractivity contribution in [3.05, 3.63) is 29.5 Å². The summed E-state index contributed by atoms with van der Waals surface area (Å²) in [4.78, 5) is 4.15. The van der Waals surface area contributed by atoms with Crippen molar-refractivity contribution in [3.63, 3.8) is 0 Å². The predicted octanol–water partition coefficient (Wildman–Crippen LogP) is 0.573. The molecule has 0 aliphatic carbocycles. The highest BCUT2D eigenvalue weighted by molar-refractivity contribution is 6.30. The summed E-state index contributed by atoms with van der Waals surface area (Å²) in [6, 6.07) is 7.44. The maximum Gasteiger partial charge on any atom is 0.226 e. The Morgan fingerprint density at radius 2 is 2.19 bits per heavy atom. The van der Waals surface area contributed by atoms with E-state index in [1.165, 1.54) is 4.57 Å². The molecule has 7 heteroatoms. The minimum absolute atomic E-state index is 0.170. The van der Waals surface area contributed by atoms with Crippen molar-refractivity contribution >= 4 is 28.6 Å². The number of hydrazone groups is 1. The molecule has 0 saturated carbocycles. The molecule has 1 heterocycles. The average molecular weight is 239 g/mol. The van der Waals surface area contributed by atoms with Crippen LogP contribution >= 0.6 is 11.6 Å². The van der Waals surface area contributed by atoms with Gasteiger partial charge in [0, 0.05) is 7.05 Å². The van der Waals surface area contributed by atoms with Gasteiger partial charge in [-0.3, -0.25) is 4.57 Å². The predicted molar refractivity (Wildman–Crippen MR) is 63.7 cm³/mol. The smallest absolute Gasteiger partial charge is 0.226 e. The van der Waals surface area contributed by atoms with E-state index in [2.05, 4.69) is 10.1 Å². The number of halogens is 1. The van der Waals surface area contributed by atoms with Crippen LogP contribution in [0.4, 0.5) is 0 Å². The van der Waals surface area contributed by atoms with E-state index in [1.54, 1.807) is 7.05 Å². The second-order valence-electron chi connectivity index (χ2n) is 3.24. The fraction of sp³-hybridized carbons (Fsp3) is 0.111. The number of aromatic nitrogens is 2. The molecule has 1 aromatic heterocycles. The summed E-state index contributed by atoms with van der Waals surface area (Å²) in [6.07, 6.45) is 0. The quantitative estimate of drug-likeness (QED) is 0.329. The molecule has 2 aromatic rings. The zero-order valence-electron chi connectivity index (χ0n) is 8.63. The third kappa shape index (κ3) is 1.80. The normalized spacial score (nSPS) is 12.1. The number of hydrogen-bond donors (Lipinski definition) is 2. The molecule has 1 aromatic carbocycles. The summed E-state index contributed by atoms with van der Waals surface area (Å²) in [5.74, 6) is 5.55. The molecule has 4 N–H and O–H groups in total. The molecule has 0 radical (unpaired) electrons. The lowest BCUT2D eigenvalue weighted by Gasteiger charge is -2.08. The van der Waals surface area contributed by atoms with Crippen LogP contribution in [0.15, 0.2) is 29.4 Å². The monoisotopic (exact) mass is 238 g/mol. The first-order valence-corrected chi connectivity index (χ1v) is 4.93. The molecule has 2 rings (SSSR count). The maximum atomic E-state index is 5.98. The molecule has 0 atom stereocenters. The Balaban J connectivity index is 2.64. The third-order valence-corrected chi connectivity index (χ3v) is 2.26. The Kier molecular flexibility index (Phi) is 2.67. The Morgan fingerprint density at radius 1 is 1.50 bits per heavy atom. The fourth-order valence-corrected chi connectivity index (χ4v) is 1.69. The Bertz CT molecular complexity index is 544. The lowest BCUT2D eigenvalue weighted by molar-refractivity contribution is 0.369. The summed E-state index contributed by atoms with van der Waals surface area (Å²) in [6.45, 7) is 0. The second kappa shape index (κ2) is 3.99. The van der Waals surface area contributed by atoms with Gasteiger partial charge < -0.3 is 5.73 Å². The molecule has 0 saturated heterocycles. The molecule has 0 bridgehead atoms. The van der Waals surface area contributed by atoms with Gasteiger partial charge in [-0.1, -0.05) is 12.1 Å². The van der Waals surface area contributed by atoms with E-state index < -0.39 is 0 Å². The number of fused-ring (bicyclic) bond motifs is 1. The minimum atomic E-state index is 0.170. The lowest BCUT2D eigenvalue weighted by Crippen LogP contribution is -2.29. The van der Waals surface area contributed by atoms with Crippen molar-refractivity contribution in [1.82, 2.24) is 14.7 Å². The number of hydrazine groups is 1. The Morgan fingerprint density at radius 3 is 2.88 bits per heavy atom. The Labute approximate surface area is 97.1 Å². The molecule has 0 fully saturated rings. The first kappa shape index (κ1) is 10.7. The van der Waals surface area contributed by atoms with Crippen molar-refractivity contribution in [2.75, 3.05) is 7.05 Å². The van der Waals surface area contributed by atoms with Crippen molar-refractivity contribution in [2.24, 2.45) is 16.7 Å². The molecular weight excluding hydrogens is 228 g/mol. The van der Waals surface area contributed by atoms with Gasteiger partial charge >= 0.3 is 0 Å². The number of para-hydroxylation sites is 2. The standard InChI is InChI=1S/C9H11ClN6/c1-15(12)14-9(11)16-7-5-3-2-4-6(7)13-8(16)10/h2-5H,12H2,1H3,(H2,11,14). The highest BCUT2D eigenvalue weighted by Gasteiger charge is 2.11. The third-order valence-electron chi connectivity index (χ3n) is 2.01. The van der Waals surface area contributed by atoms with Gasteiger partial charge in [0.1, 0.15) is 0 Å². The minimum Gasteiger partial charge on any atom is -0.368 e. The van der Waals surface area contributed by atoms with Crippen LogP contribution < -0.4 is 11.6 Å². The maximum absolute atomic E-state index is 5.98. The summed E-state index contributed by atoms with van der Waals surface area (Å²) in [7, 11) is 1.57. The van der Waals surface area contributed by atoms with Crippen LogP contribution in [0.1, 0.15) is 0 Å². The van der Waals surface area contributed by atoms with Gasteiger partial charge in [0.15, 0.2) is 0 Å². The van der Waals surface area contributed by atoms with Gasteiger partial charge in [0.05, 0.1) is 11.0 Å². The van der Waals surface area contributed by atoms with Crippen LogP contribution in [-0.2, 0) is 0 Å². The van der Waals surface area contributed by atoms with E-state index in [1.807, 2.05) is 24.3 Å². The van der Waals surface area contributed by atoms with E-state index in [4.69, 9.17) is 23.2 Å². The van der Waals surface area contributed by atoms with Gasteiger partial charge in [0.25, 0.3) is 0 Å². The van der Waals surface area contributed by atoms with Gasteiger partial charge in [0.2, 0.25) is 11.2 Å². The van der Waals surface area contributed by atoms with E-state index >= 15 is 0 Å². The van der Waals surface area contributed by atoms with E-state index in [9.17, 15) is 0 Å². The van der Waals surface area contributed by atoms with E-state index in [-0.39, 0.29) is 11.2 Å². The van der Waals surface area contributed by atoms with Gasteiger partial charge in [-0.05, 0) is 23.7 Å². The van der Waals surface area contributed by atoms with Crippen LogP contribution in [-0.4, -0.2) is 27.7 Å². The summed E-state index contributed by atoms with van der Waals surface area (Å²) >= 11 is 5.98. The Hall–Kier alpha value is -1.79. The van der Waals surface area contributed by atoms with E-state index in [0.717, 1.165) is 16.2 Å². The second-order valence-corrected chi connectivity index (χ2v) is 3.57. The van der Waals surface area contributed by atoms with Crippen LogP contribution in [0.25, 0.3) is 11.0 Å². The van der Waals surface area contributed by atoms with Crippen LogP contribution in [0.2, 0.25) is 5.28 Å². The van der Waals surface area contributed by atoms with Crippen LogP contribution in [0.3, 0.4) is 0 Å². The summed E-state index contributed by atoms with van der Waals surface area (Å²) < 4.78 is 1.53. The number of hydrogen-bond acceptors (Lipinski definition) is 4. The summed E-state index contributed by atoms with van der Waals surface area (Å²) in [5.41, 5.74) is 7.32. The van der Waals surface area contributed by atoms with E-state index in [0.29, 0.717) is 0 Å². The molecule has 16 heavy (non-hydrogen) atoms. The first-order valence-electron chi connectivity index (χ1n) is 4.55. The molecule has 84 valence electrons. The van der Waals surface area contributed by atoms with Crippen LogP contribution in [0, 0.1) is 0 Å². The average Bonchev–Trinajstić information content (AvgIpc) is 2.52. The molecule has 0 amide bonds. The van der Waals surface area contributed by atoms with Crippen molar-refractivity contribution in [1.29, 1.82) is 0 Å². The van der Waals surface area contributed by atoms with Gasteiger partial charge in [-0.15, -0.1) is 5.10 Å². The fourth-order valence-electron chi connectivity index (χ4n) is 1.42. The molecule has 6 nitrogen and oxygen atoms in total. The number of rotatable bonds is 1. The zero-order chi connectivity index (χ0) is 11.7. The number of benzene rings is 1. The largest absolute Gasteiger partial charge is 0.368 e. The number of nitrogens with two attached hydrogens (primary N) is 2. The van der Waals surface area contributed by atoms with Crippen molar-refractivity contribution < 1.29 is 0 Å². The van der Waals surface area contributed by atoms with Crippen LogP contribution in [0.5, 0.6) is 0 Å². The topological polar surface area (TPSA) is 85.5 Å². The molecule has 0 unspecified atom stereocenters. The molecule has 0 aliphatic rings. The highest BCUT2D eigenvalue weighted by atomic mass is 35.5. The number of nitrogens with zero attached hydrogens (tertiary/aromatic N) is 4. The highest BCUT2D eigenvalue weighted by Crippen LogP contribution is 2.18. The van der Waals surface area contributed by atoms with Gasteiger partial charge in [-0.2, -0.15) is 0 Å². The number of imidazole rings is 1. The molecule has 0 spiro atoms. The van der Waals surface area contributed by atoms with Crippen molar-refractivity contribution in [2.45, 2.75) is 0 Å². The molecular formula is C9H11ClN6.